The average Bonchev–Trinajstić information content (AvgIpc) is 2.59. The van der Waals surface area contributed by atoms with Crippen LogP contribution < -0.4 is 5.32 Å². The number of hydrogen-bond acceptors (Lipinski definition) is 4. The molecule has 1 amide bonds. The molecule has 0 saturated heterocycles. The van der Waals surface area contributed by atoms with E-state index in [1.807, 2.05) is 30.3 Å². The van der Waals surface area contributed by atoms with Crippen molar-refractivity contribution in [3.05, 3.63) is 80.4 Å². The Labute approximate surface area is 143 Å². The highest BCUT2D eigenvalue weighted by molar-refractivity contribution is 6.32. The van der Waals surface area contributed by atoms with Gasteiger partial charge in [-0.1, -0.05) is 48.0 Å². The van der Waals surface area contributed by atoms with Crippen molar-refractivity contribution in [3.8, 4) is 6.07 Å². The van der Waals surface area contributed by atoms with Gasteiger partial charge >= 0.3 is 0 Å². The number of nitriles is 1. The molecule has 0 unspecified atom stereocenters. The van der Waals surface area contributed by atoms with E-state index in [2.05, 4.69) is 5.32 Å². The van der Waals surface area contributed by atoms with Crippen LogP contribution in [0.5, 0.6) is 0 Å². The lowest BCUT2D eigenvalue weighted by Gasteiger charge is -2.04. The number of benzene rings is 2. The van der Waals surface area contributed by atoms with Crippen molar-refractivity contribution < 1.29 is 9.72 Å². The molecule has 1 N–H and O–H groups in total. The van der Waals surface area contributed by atoms with Gasteiger partial charge in [-0.15, -0.1) is 0 Å². The topological polar surface area (TPSA) is 96.0 Å². The number of hydrogen-bond donors (Lipinski definition) is 1. The number of carbonyl (C=O) groups excluding carboxylic acids is 1. The van der Waals surface area contributed by atoms with Crippen LogP contribution in [0.1, 0.15) is 11.1 Å². The lowest BCUT2D eigenvalue weighted by Crippen LogP contribution is -2.23. The van der Waals surface area contributed by atoms with Crippen molar-refractivity contribution in [1.29, 1.82) is 5.26 Å². The Balaban J connectivity index is 2.17. The van der Waals surface area contributed by atoms with Gasteiger partial charge in [0.15, 0.2) is 0 Å². The van der Waals surface area contributed by atoms with E-state index in [4.69, 9.17) is 16.9 Å². The molecule has 0 spiro atoms. The fraction of sp³-hybridized carbons (Fsp3) is 0.0588. The summed E-state index contributed by atoms with van der Waals surface area (Å²) in [5.74, 6) is -0.557. The molecule has 0 aliphatic heterocycles. The maximum atomic E-state index is 12.1. The van der Waals surface area contributed by atoms with Crippen LogP contribution in [0.3, 0.4) is 0 Å². The van der Waals surface area contributed by atoms with Crippen LogP contribution in [0.25, 0.3) is 6.08 Å². The summed E-state index contributed by atoms with van der Waals surface area (Å²) in [5.41, 5.74) is 0.803. The van der Waals surface area contributed by atoms with E-state index >= 15 is 0 Å². The minimum Gasteiger partial charge on any atom is -0.347 e. The number of rotatable bonds is 5. The summed E-state index contributed by atoms with van der Waals surface area (Å²) in [7, 11) is 0. The Morgan fingerprint density at radius 1 is 1.29 bits per heavy atom. The summed E-state index contributed by atoms with van der Waals surface area (Å²) in [4.78, 5) is 22.3. The van der Waals surface area contributed by atoms with Gasteiger partial charge in [0.1, 0.15) is 16.7 Å². The molecule has 0 aliphatic carbocycles. The van der Waals surface area contributed by atoms with Gasteiger partial charge in [-0.25, -0.2) is 0 Å². The van der Waals surface area contributed by atoms with Crippen molar-refractivity contribution in [1.82, 2.24) is 5.32 Å². The third-order valence-corrected chi connectivity index (χ3v) is 3.46. The molecule has 0 fully saturated rings. The summed E-state index contributed by atoms with van der Waals surface area (Å²) >= 11 is 5.74. The van der Waals surface area contributed by atoms with Crippen molar-refractivity contribution in [2.75, 3.05) is 0 Å². The van der Waals surface area contributed by atoms with Crippen LogP contribution in [0.15, 0.2) is 54.1 Å². The predicted octanol–water partition coefficient (Wildman–Crippen LogP) is 3.47. The molecule has 2 aromatic carbocycles. The van der Waals surface area contributed by atoms with E-state index in [0.29, 0.717) is 5.56 Å². The Morgan fingerprint density at radius 2 is 2.00 bits per heavy atom. The number of halogens is 1. The normalized spacial score (nSPS) is 10.8. The number of nitrogens with one attached hydrogen (secondary N) is 1. The van der Waals surface area contributed by atoms with Crippen molar-refractivity contribution in [2.45, 2.75) is 6.54 Å². The second kappa shape index (κ2) is 7.90. The molecular weight excluding hydrogens is 330 g/mol. The predicted molar refractivity (Wildman–Crippen MR) is 90.0 cm³/mol. The SMILES string of the molecule is N#C/C(=C\c1ccc(Cl)c([N+](=O)[O-])c1)C(=O)NCc1ccccc1. The first-order valence-corrected chi connectivity index (χ1v) is 7.27. The Morgan fingerprint density at radius 3 is 2.62 bits per heavy atom. The smallest absolute Gasteiger partial charge is 0.288 e. The Kier molecular flexibility index (Phi) is 5.66. The van der Waals surface area contributed by atoms with E-state index in [0.717, 1.165) is 5.56 Å². The standard InChI is InChI=1S/C17H12ClN3O3/c18-15-7-6-13(9-16(15)21(23)24)8-14(10-19)17(22)20-11-12-4-2-1-3-5-12/h1-9H,11H2,(H,20,22)/b14-8+. The Hall–Kier alpha value is -3.17. The first-order chi connectivity index (χ1) is 11.5. The summed E-state index contributed by atoms with van der Waals surface area (Å²) < 4.78 is 0. The van der Waals surface area contributed by atoms with Gasteiger partial charge in [-0.05, 0) is 23.3 Å². The van der Waals surface area contributed by atoms with Crippen LogP contribution in [0, 0.1) is 21.4 Å². The summed E-state index contributed by atoms with van der Waals surface area (Å²) in [5, 5.41) is 22.6. The minimum absolute atomic E-state index is 0.0100. The van der Waals surface area contributed by atoms with Gasteiger partial charge in [0, 0.05) is 12.6 Å². The molecule has 7 heteroatoms. The van der Waals surface area contributed by atoms with Crippen LogP contribution in [-0.2, 0) is 11.3 Å². The van der Waals surface area contributed by atoms with Crippen LogP contribution in [-0.4, -0.2) is 10.8 Å². The zero-order chi connectivity index (χ0) is 17.5. The zero-order valence-electron chi connectivity index (χ0n) is 12.4. The maximum Gasteiger partial charge on any atom is 0.288 e. The largest absolute Gasteiger partial charge is 0.347 e. The molecule has 120 valence electrons. The van der Waals surface area contributed by atoms with Gasteiger partial charge in [0.25, 0.3) is 11.6 Å². The number of nitro benzene ring substituents is 1. The van der Waals surface area contributed by atoms with E-state index in [-0.39, 0.29) is 22.8 Å². The number of carbonyl (C=O) groups is 1. The molecule has 0 bridgehead atoms. The van der Waals surface area contributed by atoms with Crippen LogP contribution in [0.4, 0.5) is 5.69 Å². The van der Waals surface area contributed by atoms with Crippen LogP contribution >= 0.6 is 11.6 Å². The monoisotopic (exact) mass is 341 g/mol. The van der Waals surface area contributed by atoms with Gasteiger partial charge in [-0.2, -0.15) is 5.26 Å². The van der Waals surface area contributed by atoms with E-state index < -0.39 is 10.8 Å². The summed E-state index contributed by atoms with van der Waals surface area (Å²) in [6.45, 7) is 0.277. The number of amides is 1. The average molecular weight is 342 g/mol. The lowest BCUT2D eigenvalue weighted by molar-refractivity contribution is -0.384. The number of nitro groups is 1. The fourth-order valence-corrected chi connectivity index (χ4v) is 2.13. The highest BCUT2D eigenvalue weighted by atomic mass is 35.5. The van der Waals surface area contributed by atoms with Crippen molar-refractivity contribution in [2.24, 2.45) is 0 Å². The van der Waals surface area contributed by atoms with E-state index in [1.165, 1.54) is 24.3 Å². The first kappa shape index (κ1) is 17.2. The van der Waals surface area contributed by atoms with Gasteiger partial charge in [-0.3, -0.25) is 14.9 Å². The maximum absolute atomic E-state index is 12.1. The molecule has 2 aromatic rings. The lowest BCUT2D eigenvalue weighted by atomic mass is 10.1. The first-order valence-electron chi connectivity index (χ1n) is 6.89. The zero-order valence-corrected chi connectivity index (χ0v) is 13.2. The van der Waals surface area contributed by atoms with Gasteiger partial charge < -0.3 is 5.32 Å². The number of nitrogens with zero attached hydrogens (tertiary/aromatic N) is 2. The van der Waals surface area contributed by atoms with Crippen molar-refractivity contribution in [3.63, 3.8) is 0 Å². The molecule has 0 saturated carbocycles. The second-order valence-corrected chi connectivity index (χ2v) is 5.21. The third-order valence-electron chi connectivity index (χ3n) is 3.14. The minimum atomic E-state index is -0.624. The molecule has 0 heterocycles. The quantitative estimate of drug-likeness (QED) is 0.390. The van der Waals surface area contributed by atoms with E-state index in [9.17, 15) is 14.9 Å². The summed E-state index contributed by atoms with van der Waals surface area (Å²) in [6, 6.07) is 15.1. The Bertz CT molecular complexity index is 842. The summed E-state index contributed by atoms with van der Waals surface area (Å²) in [6.07, 6.45) is 1.28. The molecule has 24 heavy (non-hydrogen) atoms. The fourth-order valence-electron chi connectivity index (χ4n) is 1.95. The van der Waals surface area contributed by atoms with E-state index in [1.54, 1.807) is 6.07 Å². The molecule has 0 aliphatic rings. The molecule has 6 nitrogen and oxygen atoms in total. The third kappa shape index (κ3) is 4.41. The van der Waals surface area contributed by atoms with Gasteiger partial charge in [0.05, 0.1) is 4.92 Å². The molecule has 0 radical (unpaired) electrons. The molecule has 0 atom stereocenters. The second-order valence-electron chi connectivity index (χ2n) is 4.81. The highest BCUT2D eigenvalue weighted by Gasteiger charge is 2.14. The van der Waals surface area contributed by atoms with Crippen molar-refractivity contribution >= 4 is 29.3 Å². The molecule has 0 aromatic heterocycles. The van der Waals surface area contributed by atoms with Gasteiger partial charge in [0.2, 0.25) is 0 Å². The molecule has 2 rings (SSSR count). The molecular formula is C17H12ClN3O3. The highest BCUT2D eigenvalue weighted by Crippen LogP contribution is 2.26. The van der Waals surface area contributed by atoms with Crippen LogP contribution in [0.2, 0.25) is 5.02 Å².